The van der Waals surface area contributed by atoms with E-state index < -0.39 is 16.1 Å². The molecule has 4 rings (SSSR count). The van der Waals surface area contributed by atoms with Crippen molar-refractivity contribution in [2.24, 2.45) is 5.92 Å². The van der Waals surface area contributed by atoms with Gasteiger partial charge in [-0.3, -0.25) is 9.78 Å². The molecule has 0 radical (unpaired) electrons. The molecule has 2 aromatic carbocycles. The molecule has 178 valence electrons. The molecule has 7 heteroatoms. The molecule has 1 fully saturated rings. The van der Waals surface area contributed by atoms with E-state index in [1.807, 2.05) is 55.5 Å². The van der Waals surface area contributed by atoms with Gasteiger partial charge in [0.05, 0.1) is 16.6 Å². The Bertz CT molecular complexity index is 1210. The van der Waals surface area contributed by atoms with Gasteiger partial charge in [0.25, 0.3) is 5.91 Å². The fraction of sp³-hybridized carbons (Fsp3) is 0.333. The molecule has 34 heavy (non-hydrogen) atoms. The molecule has 2 heterocycles. The van der Waals surface area contributed by atoms with Gasteiger partial charge in [0.2, 0.25) is 10.0 Å². The number of sulfonamides is 1. The van der Waals surface area contributed by atoms with Crippen LogP contribution in [0.25, 0.3) is 0 Å². The summed E-state index contributed by atoms with van der Waals surface area (Å²) in [5.74, 6) is 0.180. The molecule has 0 saturated carbocycles. The number of nitrogens with one attached hydrogen (secondary N) is 1. The molecule has 3 aromatic rings. The van der Waals surface area contributed by atoms with Gasteiger partial charge in [-0.15, -0.1) is 0 Å². The topological polar surface area (TPSA) is 79.4 Å². The van der Waals surface area contributed by atoms with E-state index in [1.165, 1.54) is 6.07 Å². The summed E-state index contributed by atoms with van der Waals surface area (Å²) < 4.78 is 28.5. The fourth-order valence-electron chi connectivity index (χ4n) is 4.33. The van der Waals surface area contributed by atoms with Gasteiger partial charge in [0.1, 0.15) is 0 Å². The molecule has 1 atom stereocenters. The highest BCUT2D eigenvalue weighted by Crippen LogP contribution is 2.28. The SMILES string of the molecule is Cc1cc(C(=O)NC(c2ccccc2)c2ccccn2)cc(S(=O)(=O)N2CCC(C)CC2)c1C. The van der Waals surface area contributed by atoms with Crippen LogP contribution in [0.5, 0.6) is 0 Å². The van der Waals surface area contributed by atoms with Crippen LogP contribution in [0.3, 0.4) is 0 Å². The highest BCUT2D eigenvalue weighted by Gasteiger charge is 2.31. The maximum absolute atomic E-state index is 13.5. The predicted octanol–water partition coefficient (Wildman–Crippen LogP) is 4.64. The zero-order valence-electron chi connectivity index (χ0n) is 19.9. The Morgan fingerprint density at radius 2 is 1.71 bits per heavy atom. The lowest BCUT2D eigenvalue weighted by molar-refractivity contribution is 0.0942. The number of nitrogens with zero attached hydrogens (tertiary/aromatic N) is 2. The van der Waals surface area contributed by atoms with Crippen LogP contribution >= 0.6 is 0 Å². The van der Waals surface area contributed by atoms with E-state index in [2.05, 4.69) is 17.2 Å². The lowest BCUT2D eigenvalue weighted by Crippen LogP contribution is -2.38. The Balaban J connectivity index is 1.67. The molecule has 6 nitrogen and oxygen atoms in total. The van der Waals surface area contributed by atoms with E-state index in [9.17, 15) is 13.2 Å². The summed E-state index contributed by atoms with van der Waals surface area (Å²) in [5.41, 5.74) is 3.38. The Kier molecular flexibility index (Phi) is 7.14. The lowest BCUT2D eigenvalue weighted by atomic mass is 10.0. The first-order valence-corrected chi connectivity index (χ1v) is 13.1. The normalized spacial score (nSPS) is 16.2. The number of piperidine rings is 1. The number of carbonyl (C=O) groups excluding carboxylic acids is 1. The van der Waals surface area contributed by atoms with Gasteiger partial charge in [0.15, 0.2) is 0 Å². The first-order chi connectivity index (χ1) is 16.3. The van der Waals surface area contributed by atoms with Crippen molar-refractivity contribution >= 4 is 15.9 Å². The molecular weight excluding hydrogens is 446 g/mol. The second-order valence-electron chi connectivity index (χ2n) is 9.07. The highest BCUT2D eigenvalue weighted by molar-refractivity contribution is 7.89. The third-order valence-electron chi connectivity index (χ3n) is 6.63. The molecule has 0 spiro atoms. The van der Waals surface area contributed by atoms with Gasteiger partial charge in [-0.05, 0) is 73.6 Å². The van der Waals surface area contributed by atoms with Crippen LogP contribution in [-0.2, 0) is 10.0 Å². The number of benzene rings is 2. The first kappa shape index (κ1) is 24.1. The molecular formula is C27H31N3O3S. The molecule has 1 amide bonds. The van der Waals surface area contributed by atoms with E-state index in [0.29, 0.717) is 35.8 Å². The van der Waals surface area contributed by atoms with E-state index in [4.69, 9.17) is 0 Å². The van der Waals surface area contributed by atoms with Crippen molar-refractivity contribution in [1.29, 1.82) is 0 Å². The minimum atomic E-state index is -3.69. The van der Waals surface area contributed by atoms with E-state index >= 15 is 0 Å². The molecule has 1 aromatic heterocycles. The van der Waals surface area contributed by atoms with Gasteiger partial charge in [-0.1, -0.05) is 43.3 Å². The second-order valence-corrected chi connectivity index (χ2v) is 11.0. The average Bonchev–Trinajstić information content (AvgIpc) is 2.85. The van der Waals surface area contributed by atoms with Crippen molar-refractivity contribution in [3.63, 3.8) is 0 Å². The number of pyridine rings is 1. The monoisotopic (exact) mass is 477 g/mol. The van der Waals surface area contributed by atoms with Crippen LogP contribution in [0.2, 0.25) is 0 Å². The molecule has 1 aliphatic rings. The number of carbonyl (C=O) groups is 1. The maximum atomic E-state index is 13.5. The number of aryl methyl sites for hydroxylation is 1. The number of hydrogen-bond donors (Lipinski definition) is 1. The van der Waals surface area contributed by atoms with Crippen LogP contribution in [0.15, 0.2) is 71.8 Å². The molecule has 0 aliphatic carbocycles. The van der Waals surface area contributed by atoms with Gasteiger partial charge in [-0.2, -0.15) is 4.31 Å². The van der Waals surface area contributed by atoms with Crippen molar-refractivity contribution in [2.75, 3.05) is 13.1 Å². The number of hydrogen-bond acceptors (Lipinski definition) is 4. The molecule has 1 saturated heterocycles. The Hall–Kier alpha value is -3.03. The number of amides is 1. The summed E-state index contributed by atoms with van der Waals surface area (Å²) in [6.07, 6.45) is 3.39. The average molecular weight is 478 g/mol. The molecule has 0 bridgehead atoms. The summed E-state index contributed by atoms with van der Waals surface area (Å²) in [4.78, 5) is 18.1. The van der Waals surface area contributed by atoms with Crippen molar-refractivity contribution in [2.45, 2.75) is 44.6 Å². The Morgan fingerprint density at radius 3 is 2.35 bits per heavy atom. The lowest BCUT2D eigenvalue weighted by Gasteiger charge is -2.30. The molecule has 1 aliphatic heterocycles. The van der Waals surface area contributed by atoms with E-state index in [1.54, 1.807) is 23.5 Å². The van der Waals surface area contributed by atoms with Gasteiger partial charge < -0.3 is 5.32 Å². The van der Waals surface area contributed by atoms with E-state index in [0.717, 1.165) is 24.0 Å². The van der Waals surface area contributed by atoms with Crippen LogP contribution in [0.1, 0.15) is 58.5 Å². The van der Waals surface area contributed by atoms with Gasteiger partial charge >= 0.3 is 0 Å². The zero-order chi connectivity index (χ0) is 24.3. The quantitative estimate of drug-likeness (QED) is 0.561. The largest absolute Gasteiger partial charge is 0.340 e. The van der Waals surface area contributed by atoms with E-state index in [-0.39, 0.29) is 10.8 Å². The minimum absolute atomic E-state index is 0.210. The third-order valence-corrected chi connectivity index (χ3v) is 8.66. The van der Waals surface area contributed by atoms with Crippen molar-refractivity contribution < 1.29 is 13.2 Å². The van der Waals surface area contributed by atoms with Gasteiger partial charge in [0, 0.05) is 24.8 Å². The predicted molar refractivity (Wildman–Crippen MR) is 133 cm³/mol. The van der Waals surface area contributed by atoms with Gasteiger partial charge in [-0.25, -0.2) is 8.42 Å². The minimum Gasteiger partial charge on any atom is -0.340 e. The van der Waals surface area contributed by atoms with Crippen molar-refractivity contribution in [3.8, 4) is 0 Å². The first-order valence-electron chi connectivity index (χ1n) is 11.7. The maximum Gasteiger partial charge on any atom is 0.252 e. The zero-order valence-corrected chi connectivity index (χ0v) is 20.7. The van der Waals surface area contributed by atoms with Crippen molar-refractivity contribution in [1.82, 2.24) is 14.6 Å². The molecule has 1 unspecified atom stereocenters. The number of rotatable bonds is 6. The smallest absolute Gasteiger partial charge is 0.252 e. The van der Waals surface area contributed by atoms with Crippen molar-refractivity contribution in [3.05, 3.63) is 94.8 Å². The summed E-state index contributed by atoms with van der Waals surface area (Å²) in [6.45, 7) is 6.81. The van der Waals surface area contributed by atoms with Crippen LogP contribution in [-0.4, -0.2) is 36.7 Å². The number of aromatic nitrogens is 1. The summed E-state index contributed by atoms with van der Waals surface area (Å²) in [6, 6.07) is 18.0. The third kappa shape index (κ3) is 5.05. The van der Waals surface area contributed by atoms with Crippen LogP contribution < -0.4 is 5.32 Å². The van der Waals surface area contributed by atoms with Crippen LogP contribution in [0, 0.1) is 19.8 Å². The van der Waals surface area contributed by atoms with Crippen LogP contribution in [0.4, 0.5) is 0 Å². The fourth-order valence-corrected chi connectivity index (χ4v) is 6.12. The highest BCUT2D eigenvalue weighted by atomic mass is 32.2. The Morgan fingerprint density at radius 1 is 1.03 bits per heavy atom. The summed E-state index contributed by atoms with van der Waals surface area (Å²) in [5, 5.41) is 3.07. The summed E-state index contributed by atoms with van der Waals surface area (Å²) in [7, 11) is -3.69. The second kappa shape index (κ2) is 10.1. The standard InChI is InChI=1S/C27H31N3O3S/c1-19-12-15-30(16-13-19)34(32,33)25-18-23(17-20(2)21(25)3)27(31)29-26(22-9-5-4-6-10-22)24-11-7-8-14-28-24/h4-11,14,17-19,26H,12-13,15-16H2,1-3H3,(H,29,31). The summed E-state index contributed by atoms with van der Waals surface area (Å²) >= 11 is 0. The Labute approximate surface area is 202 Å². The molecule has 1 N–H and O–H groups in total.